The minimum atomic E-state index is -3.39. The summed E-state index contributed by atoms with van der Waals surface area (Å²) in [4.78, 5) is 0.426. The summed E-state index contributed by atoms with van der Waals surface area (Å²) in [7, 11) is -3.39. The lowest BCUT2D eigenvalue weighted by Crippen LogP contribution is -2.43. The minimum Gasteiger partial charge on any atom is -0.326 e. The molecule has 1 unspecified atom stereocenters. The first-order valence-electron chi connectivity index (χ1n) is 7.32. The van der Waals surface area contributed by atoms with E-state index < -0.39 is 10.0 Å². The van der Waals surface area contributed by atoms with Gasteiger partial charge in [-0.15, -0.1) is 0 Å². The van der Waals surface area contributed by atoms with E-state index in [0.29, 0.717) is 18.0 Å². The molecule has 1 aliphatic rings. The highest BCUT2D eigenvalue weighted by atomic mass is 32.2. The molecule has 2 rings (SSSR count). The second-order valence-electron chi connectivity index (χ2n) is 5.48. The molecule has 20 heavy (non-hydrogen) atoms. The molecule has 1 aromatic rings. The third-order valence-corrected chi connectivity index (χ3v) is 6.22. The van der Waals surface area contributed by atoms with Crippen LogP contribution in [0.5, 0.6) is 0 Å². The number of hydrogen-bond donors (Lipinski definition) is 1. The largest absolute Gasteiger partial charge is 0.326 e. The third-order valence-electron chi connectivity index (χ3n) is 4.11. The Balaban J connectivity index is 2.38. The molecule has 0 aromatic heterocycles. The van der Waals surface area contributed by atoms with Crippen LogP contribution < -0.4 is 5.73 Å². The first-order chi connectivity index (χ1) is 9.50. The summed E-state index contributed by atoms with van der Waals surface area (Å²) in [5, 5.41) is 0. The molecule has 0 spiro atoms. The van der Waals surface area contributed by atoms with Gasteiger partial charge < -0.3 is 5.73 Å². The van der Waals surface area contributed by atoms with Crippen LogP contribution in [0.1, 0.15) is 43.7 Å². The van der Waals surface area contributed by atoms with Crippen molar-refractivity contribution in [2.45, 2.75) is 57.0 Å². The number of aryl methyl sites for hydroxylation is 1. The van der Waals surface area contributed by atoms with Gasteiger partial charge in [0.1, 0.15) is 0 Å². The number of hydrogen-bond acceptors (Lipinski definition) is 3. The molecule has 4 nitrogen and oxygen atoms in total. The van der Waals surface area contributed by atoms with Gasteiger partial charge in [-0.1, -0.05) is 25.5 Å². The Hall–Kier alpha value is -0.910. The van der Waals surface area contributed by atoms with Crippen LogP contribution in [0.25, 0.3) is 0 Å². The van der Waals surface area contributed by atoms with Gasteiger partial charge in [0.2, 0.25) is 10.0 Å². The fraction of sp³-hybridized carbons (Fsp3) is 0.600. The Kier molecular flexibility index (Phi) is 4.83. The Morgan fingerprint density at radius 3 is 2.70 bits per heavy atom. The maximum absolute atomic E-state index is 12.9. The number of nitrogens with two attached hydrogens (primary N) is 1. The van der Waals surface area contributed by atoms with Crippen molar-refractivity contribution >= 4 is 10.0 Å². The smallest absolute Gasteiger partial charge is 0.243 e. The molecule has 5 heteroatoms. The molecule has 1 saturated heterocycles. The van der Waals surface area contributed by atoms with Gasteiger partial charge in [-0.2, -0.15) is 4.31 Å². The Morgan fingerprint density at radius 1 is 1.35 bits per heavy atom. The maximum atomic E-state index is 12.9. The normalized spacial score (nSPS) is 21.1. The highest BCUT2D eigenvalue weighted by Crippen LogP contribution is 2.28. The standard InChI is InChI=1S/C15H24N2O2S/c1-3-14-6-4-5-9-17(14)20(18,19)15-8-7-13(11-16)10-12(15)2/h7-8,10,14H,3-6,9,11,16H2,1-2H3. The van der Waals surface area contributed by atoms with Crippen molar-refractivity contribution in [3.05, 3.63) is 29.3 Å². The minimum absolute atomic E-state index is 0.141. The van der Waals surface area contributed by atoms with Crippen LogP contribution in [0.15, 0.2) is 23.1 Å². The lowest BCUT2D eigenvalue weighted by molar-refractivity contribution is 0.246. The molecule has 112 valence electrons. The van der Waals surface area contributed by atoms with Crippen molar-refractivity contribution in [2.24, 2.45) is 5.73 Å². The van der Waals surface area contributed by atoms with E-state index in [1.54, 1.807) is 10.4 Å². The summed E-state index contributed by atoms with van der Waals surface area (Å²) < 4.78 is 27.4. The fourth-order valence-electron chi connectivity index (χ4n) is 2.95. The zero-order valence-corrected chi connectivity index (χ0v) is 13.1. The van der Waals surface area contributed by atoms with Crippen molar-refractivity contribution in [1.29, 1.82) is 0 Å². The molecule has 1 atom stereocenters. The van der Waals surface area contributed by atoms with Crippen molar-refractivity contribution in [3.8, 4) is 0 Å². The predicted octanol–water partition coefficient (Wildman–Crippen LogP) is 2.41. The van der Waals surface area contributed by atoms with Crippen LogP contribution in [-0.2, 0) is 16.6 Å². The Morgan fingerprint density at radius 2 is 2.10 bits per heavy atom. The van der Waals surface area contributed by atoms with Crippen LogP contribution in [0.3, 0.4) is 0 Å². The third kappa shape index (κ3) is 2.90. The first kappa shape index (κ1) is 15.5. The number of sulfonamides is 1. The van der Waals surface area contributed by atoms with E-state index in [1.807, 2.05) is 19.1 Å². The SMILES string of the molecule is CCC1CCCCN1S(=O)(=O)c1ccc(CN)cc1C. The van der Waals surface area contributed by atoms with Gasteiger partial charge in [0.15, 0.2) is 0 Å². The Bertz CT molecular complexity index is 569. The lowest BCUT2D eigenvalue weighted by atomic mass is 10.0. The molecule has 0 aliphatic carbocycles. The quantitative estimate of drug-likeness (QED) is 0.928. The molecule has 1 fully saturated rings. The monoisotopic (exact) mass is 296 g/mol. The van der Waals surface area contributed by atoms with E-state index in [9.17, 15) is 8.42 Å². The van der Waals surface area contributed by atoms with Crippen molar-refractivity contribution in [3.63, 3.8) is 0 Å². The van der Waals surface area contributed by atoms with Crippen molar-refractivity contribution in [2.75, 3.05) is 6.54 Å². The molecule has 1 heterocycles. The molecule has 0 bridgehead atoms. The van der Waals surface area contributed by atoms with E-state index >= 15 is 0 Å². The number of rotatable bonds is 4. The van der Waals surface area contributed by atoms with E-state index in [0.717, 1.165) is 36.8 Å². The van der Waals surface area contributed by atoms with Crippen LogP contribution in [0.2, 0.25) is 0 Å². The summed E-state index contributed by atoms with van der Waals surface area (Å²) >= 11 is 0. The molecule has 0 amide bonds. The summed E-state index contributed by atoms with van der Waals surface area (Å²) in [6, 6.07) is 5.53. The number of nitrogens with zero attached hydrogens (tertiary/aromatic N) is 1. The summed E-state index contributed by atoms with van der Waals surface area (Å²) in [6.07, 6.45) is 3.92. The average molecular weight is 296 g/mol. The van der Waals surface area contributed by atoms with E-state index in [4.69, 9.17) is 5.73 Å². The van der Waals surface area contributed by atoms with E-state index in [1.165, 1.54) is 0 Å². The average Bonchev–Trinajstić information content (AvgIpc) is 2.46. The van der Waals surface area contributed by atoms with Gasteiger partial charge in [0.05, 0.1) is 4.90 Å². The topological polar surface area (TPSA) is 63.4 Å². The highest BCUT2D eigenvalue weighted by molar-refractivity contribution is 7.89. The summed E-state index contributed by atoms with van der Waals surface area (Å²) in [5.41, 5.74) is 7.35. The van der Waals surface area contributed by atoms with Crippen molar-refractivity contribution in [1.82, 2.24) is 4.31 Å². The van der Waals surface area contributed by atoms with E-state index in [2.05, 4.69) is 6.92 Å². The van der Waals surface area contributed by atoms with Crippen LogP contribution in [-0.4, -0.2) is 25.3 Å². The molecule has 1 aliphatic heterocycles. The van der Waals surface area contributed by atoms with Crippen LogP contribution >= 0.6 is 0 Å². The second kappa shape index (κ2) is 6.24. The van der Waals surface area contributed by atoms with Gasteiger partial charge in [-0.05, 0) is 43.4 Å². The summed E-state index contributed by atoms with van der Waals surface area (Å²) in [5.74, 6) is 0. The fourth-order valence-corrected chi connectivity index (χ4v) is 4.93. The zero-order valence-electron chi connectivity index (χ0n) is 12.3. The molecular formula is C15H24N2O2S. The predicted molar refractivity (Wildman–Crippen MR) is 80.9 cm³/mol. The Labute approximate surface area is 122 Å². The first-order valence-corrected chi connectivity index (χ1v) is 8.76. The lowest BCUT2D eigenvalue weighted by Gasteiger charge is -2.34. The second-order valence-corrected chi connectivity index (χ2v) is 7.34. The van der Waals surface area contributed by atoms with Gasteiger partial charge in [0.25, 0.3) is 0 Å². The maximum Gasteiger partial charge on any atom is 0.243 e. The molecule has 0 radical (unpaired) electrons. The van der Waals surface area contributed by atoms with Crippen LogP contribution in [0, 0.1) is 6.92 Å². The number of piperidine rings is 1. The highest BCUT2D eigenvalue weighted by Gasteiger charge is 2.33. The van der Waals surface area contributed by atoms with Crippen molar-refractivity contribution < 1.29 is 8.42 Å². The zero-order chi connectivity index (χ0) is 14.8. The van der Waals surface area contributed by atoms with E-state index in [-0.39, 0.29) is 6.04 Å². The number of benzene rings is 1. The van der Waals surface area contributed by atoms with Crippen LogP contribution in [0.4, 0.5) is 0 Å². The van der Waals surface area contributed by atoms with Gasteiger partial charge >= 0.3 is 0 Å². The molecule has 0 saturated carbocycles. The van der Waals surface area contributed by atoms with Gasteiger partial charge in [-0.25, -0.2) is 8.42 Å². The molecular weight excluding hydrogens is 272 g/mol. The molecule has 1 aromatic carbocycles. The van der Waals surface area contributed by atoms with Gasteiger partial charge in [-0.3, -0.25) is 0 Å². The summed E-state index contributed by atoms with van der Waals surface area (Å²) in [6.45, 7) is 4.97. The van der Waals surface area contributed by atoms with Gasteiger partial charge in [0, 0.05) is 19.1 Å². The molecule has 2 N–H and O–H groups in total.